The van der Waals surface area contributed by atoms with Crippen molar-refractivity contribution >= 4 is 27.5 Å². The van der Waals surface area contributed by atoms with Crippen LogP contribution in [0.2, 0.25) is 5.15 Å². The Morgan fingerprint density at radius 1 is 1.43 bits per heavy atom. The van der Waals surface area contributed by atoms with Gasteiger partial charge in [-0.25, -0.2) is 0 Å². The van der Waals surface area contributed by atoms with E-state index >= 15 is 0 Å². The van der Waals surface area contributed by atoms with E-state index in [1.807, 2.05) is 26.1 Å². The van der Waals surface area contributed by atoms with Crippen molar-refractivity contribution < 1.29 is 4.74 Å². The maximum atomic E-state index is 6.23. The maximum Gasteiger partial charge on any atom is 0.133 e. The van der Waals surface area contributed by atoms with Crippen LogP contribution in [0.4, 0.5) is 0 Å². The van der Waals surface area contributed by atoms with Crippen molar-refractivity contribution in [1.82, 2.24) is 15.1 Å². The highest BCUT2D eigenvalue weighted by molar-refractivity contribution is 9.10. The van der Waals surface area contributed by atoms with E-state index in [9.17, 15) is 0 Å². The van der Waals surface area contributed by atoms with Gasteiger partial charge in [0.25, 0.3) is 0 Å². The number of hydrogen-bond donors (Lipinski definition) is 1. The van der Waals surface area contributed by atoms with Crippen molar-refractivity contribution in [3.05, 3.63) is 44.6 Å². The van der Waals surface area contributed by atoms with E-state index in [0.29, 0.717) is 11.8 Å². The zero-order valence-electron chi connectivity index (χ0n) is 12.4. The van der Waals surface area contributed by atoms with Gasteiger partial charge in [0.1, 0.15) is 17.5 Å². The van der Waals surface area contributed by atoms with Crippen molar-refractivity contribution in [3.8, 4) is 5.75 Å². The molecule has 0 saturated heterocycles. The predicted molar refractivity (Wildman–Crippen MR) is 88.8 cm³/mol. The zero-order chi connectivity index (χ0) is 15.4. The Hall–Kier alpha value is -1.04. The summed E-state index contributed by atoms with van der Waals surface area (Å²) in [6.45, 7) is 6.12. The highest BCUT2D eigenvalue weighted by Gasteiger charge is 2.13. The Morgan fingerprint density at radius 3 is 2.81 bits per heavy atom. The molecule has 0 aliphatic rings. The predicted octanol–water partition coefficient (Wildman–Crippen LogP) is 3.83. The second kappa shape index (κ2) is 7.29. The minimum absolute atomic E-state index is 0.416. The first-order valence-corrected chi connectivity index (χ1v) is 8.00. The average Bonchev–Trinajstić information content (AvgIpc) is 2.69. The smallest absolute Gasteiger partial charge is 0.133 e. The van der Waals surface area contributed by atoms with Crippen molar-refractivity contribution in [2.75, 3.05) is 6.54 Å². The quantitative estimate of drug-likeness (QED) is 0.837. The SMILES string of the molecule is CCNCc1cc(Br)ccc1OCc1c(C)nn(C)c1Cl. The molecule has 0 atom stereocenters. The second-order valence-electron chi connectivity index (χ2n) is 4.80. The monoisotopic (exact) mass is 371 g/mol. The molecular formula is C15H19BrClN3O. The molecule has 1 heterocycles. The molecule has 0 bridgehead atoms. The normalized spacial score (nSPS) is 10.9. The first-order chi connectivity index (χ1) is 10.0. The Balaban J connectivity index is 2.15. The lowest BCUT2D eigenvalue weighted by molar-refractivity contribution is 0.301. The summed E-state index contributed by atoms with van der Waals surface area (Å²) in [6, 6.07) is 6.01. The average molecular weight is 373 g/mol. The molecule has 0 fully saturated rings. The van der Waals surface area contributed by atoms with E-state index < -0.39 is 0 Å². The third-order valence-electron chi connectivity index (χ3n) is 3.23. The van der Waals surface area contributed by atoms with Gasteiger partial charge in [-0.05, 0) is 31.7 Å². The topological polar surface area (TPSA) is 39.1 Å². The lowest BCUT2D eigenvalue weighted by Crippen LogP contribution is -2.13. The van der Waals surface area contributed by atoms with E-state index in [1.165, 1.54) is 0 Å². The lowest BCUT2D eigenvalue weighted by atomic mass is 10.2. The molecule has 0 unspecified atom stereocenters. The van der Waals surface area contributed by atoms with Gasteiger partial charge in [-0.3, -0.25) is 4.68 Å². The summed E-state index contributed by atoms with van der Waals surface area (Å²) < 4.78 is 8.66. The van der Waals surface area contributed by atoms with Crippen molar-refractivity contribution in [2.45, 2.75) is 27.0 Å². The van der Waals surface area contributed by atoms with E-state index in [0.717, 1.165) is 40.1 Å². The Labute approximate surface area is 138 Å². The minimum Gasteiger partial charge on any atom is -0.488 e. The van der Waals surface area contributed by atoms with Crippen LogP contribution < -0.4 is 10.1 Å². The Kier molecular flexibility index (Phi) is 5.67. The van der Waals surface area contributed by atoms with E-state index in [1.54, 1.807) is 4.68 Å². The summed E-state index contributed by atoms with van der Waals surface area (Å²) in [7, 11) is 1.83. The van der Waals surface area contributed by atoms with Crippen molar-refractivity contribution in [3.63, 3.8) is 0 Å². The molecular weight excluding hydrogens is 354 g/mol. The van der Waals surface area contributed by atoms with Crippen LogP contribution in [0.25, 0.3) is 0 Å². The second-order valence-corrected chi connectivity index (χ2v) is 6.07. The van der Waals surface area contributed by atoms with Crippen molar-refractivity contribution in [1.29, 1.82) is 0 Å². The molecule has 2 aromatic rings. The summed E-state index contributed by atoms with van der Waals surface area (Å²) in [5, 5.41) is 8.23. The number of rotatable bonds is 6. The Bertz CT molecular complexity index is 628. The van der Waals surface area contributed by atoms with E-state index in [-0.39, 0.29) is 0 Å². The molecule has 4 nitrogen and oxygen atoms in total. The molecule has 0 spiro atoms. The van der Waals surface area contributed by atoms with Crippen LogP contribution in [0, 0.1) is 6.92 Å². The number of ether oxygens (including phenoxy) is 1. The molecule has 6 heteroatoms. The maximum absolute atomic E-state index is 6.23. The van der Waals surface area contributed by atoms with Crippen LogP contribution >= 0.6 is 27.5 Å². The van der Waals surface area contributed by atoms with Crippen LogP contribution in [0.1, 0.15) is 23.7 Å². The van der Waals surface area contributed by atoms with Crippen LogP contribution in [-0.2, 0) is 20.2 Å². The van der Waals surface area contributed by atoms with Gasteiger partial charge in [0.05, 0.1) is 5.69 Å². The lowest BCUT2D eigenvalue weighted by Gasteiger charge is -2.12. The summed E-state index contributed by atoms with van der Waals surface area (Å²) in [4.78, 5) is 0. The standard InChI is InChI=1S/C15H19BrClN3O/c1-4-18-8-11-7-12(16)5-6-14(11)21-9-13-10(2)19-20(3)15(13)17/h5-7,18H,4,8-9H2,1-3H3. The third kappa shape index (κ3) is 3.99. The molecule has 0 radical (unpaired) electrons. The fourth-order valence-electron chi connectivity index (χ4n) is 2.07. The number of aromatic nitrogens is 2. The van der Waals surface area contributed by atoms with Gasteiger partial charge in [-0.2, -0.15) is 5.10 Å². The number of aryl methyl sites for hydroxylation is 2. The van der Waals surface area contributed by atoms with Crippen LogP contribution in [0.15, 0.2) is 22.7 Å². The largest absolute Gasteiger partial charge is 0.488 e. The summed E-state index contributed by atoms with van der Waals surface area (Å²) in [5.74, 6) is 0.860. The van der Waals surface area contributed by atoms with E-state index in [2.05, 4.69) is 39.3 Å². The number of nitrogens with zero attached hydrogens (tertiary/aromatic N) is 2. The fraction of sp³-hybridized carbons (Fsp3) is 0.400. The molecule has 1 aromatic heterocycles. The number of hydrogen-bond acceptors (Lipinski definition) is 3. The first kappa shape index (κ1) is 16.3. The molecule has 1 aromatic carbocycles. The van der Waals surface area contributed by atoms with Crippen molar-refractivity contribution in [2.24, 2.45) is 7.05 Å². The molecule has 2 rings (SSSR count). The van der Waals surface area contributed by atoms with E-state index in [4.69, 9.17) is 16.3 Å². The Morgan fingerprint density at radius 2 is 2.19 bits per heavy atom. The highest BCUT2D eigenvalue weighted by Crippen LogP contribution is 2.26. The van der Waals surface area contributed by atoms with Gasteiger partial charge in [0.2, 0.25) is 0 Å². The van der Waals surface area contributed by atoms with Gasteiger partial charge < -0.3 is 10.1 Å². The van der Waals surface area contributed by atoms with Crippen LogP contribution in [0.3, 0.4) is 0 Å². The molecule has 1 N–H and O–H groups in total. The highest BCUT2D eigenvalue weighted by atomic mass is 79.9. The van der Waals surface area contributed by atoms with Gasteiger partial charge in [0.15, 0.2) is 0 Å². The summed E-state index contributed by atoms with van der Waals surface area (Å²) in [5.41, 5.74) is 2.94. The summed E-state index contributed by atoms with van der Waals surface area (Å²) in [6.07, 6.45) is 0. The van der Waals surface area contributed by atoms with Gasteiger partial charge >= 0.3 is 0 Å². The van der Waals surface area contributed by atoms with Crippen LogP contribution in [0.5, 0.6) is 5.75 Å². The third-order valence-corrected chi connectivity index (χ3v) is 4.20. The zero-order valence-corrected chi connectivity index (χ0v) is 14.8. The molecule has 0 saturated carbocycles. The fourth-order valence-corrected chi connectivity index (χ4v) is 2.71. The number of nitrogens with one attached hydrogen (secondary N) is 1. The number of halogens is 2. The summed E-state index contributed by atoms with van der Waals surface area (Å²) >= 11 is 9.72. The molecule has 21 heavy (non-hydrogen) atoms. The van der Waals surface area contributed by atoms with Gasteiger partial charge in [0, 0.05) is 29.2 Å². The van der Waals surface area contributed by atoms with Gasteiger partial charge in [-0.15, -0.1) is 0 Å². The van der Waals surface area contributed by atoms with Crippen LogP contribution in [-0.4, -0.2) is 16.3 Å². The van der Waals surface area contributed by atoms with Gasteiger partial charge in [-0.1, -0.05) is 34.5 Å². The first-order valence-electron chi connectivity index (χ1n) is 6.82. The molecule has 0 amide bonds. The number of benzene rings is 1. The molecule has 0 aliphatic heterocycles. The molecule has 114 valence electrons. The molecule has 0 aliphatic carbocycles. The minimum atomic E-state index is 0.416.